The van der Waals surface area contributed by atoms with E-state index in [-0.39, 0.29) is 17.6 Å². The highest BCUT2D eigenvalue weighted by Crippen LogP contribution is 2.28. The summed E-state index contributed by atoms with van der Waals surface area (Å²) in [5.41, 5.74) is 1.65. The predicted octanol–water partition coefficient (Wildman–Crippen LogP) is 4.87. The number of benzene rings is 2. The van der Waals surface area contributed by atoms with Crippen LogP contribution in [-0.2, 0) is 6.54 Å². The van der Waals surface area contributed by atoms with Gasteiger partial charge >= 0.3 is 0 Å². The molecule has 0 saturated heterocycles. The van der Waals surface area contributed by atoms with E-state index in [1.807, 2.05) is 18.2 Å². The van der Waals surface area contributed by atoms with Crippen LogP contribution in [0.1, 0.15) is 29.2 Å². The van der Waals surface area contributed by atoms with Crippen molar-refractivity contribution < 1.29 is 13.2 Å². The zero-order valence-corrected chi connectivity index (χ0v) is 13.2. The number of rotatable bonds is 7. The molecule has 3 rings (SSSR count). The van der Waals surface area contributed by atoms with Crippen molar-refractivity contribution in [3.05, 3.63) is 95.4 Å². The third-order valence-electron chi connectivity index (χ3n) is 4.04. The lowest BCUT2D eigenvalue weighted by atomic mass is 9.93. The van der Waals surface area contributed by atoms with Gasteiger partial charge in [-0.3, -0.25) is 0 Å². The molecular weight excluding hydrogens is 308 g/mol. The molecule has 2 nitrogen and oxygen atoms in total. The summed E-state index contributed by atoms with van der Waals surface area (Å²) in [5.74, 6) is 0.420. The monoisotopic (exact) mass is 327 g/mol. The standard InChI is InChI=1S/C20H19F2NO/c21-17-9-7-15(8-10-17)18(20-6-3-13-24-20)11-12-23-14-16-4-1-2-5-19(16)22/h1-10,13,18,23H,11-12,14H2/t18-/m0/s1. The highest BCUT2D eigenvalue weighted by molar-refractivity contribution is 5.27. The van der Waals surface area contributed by atoms with Gasteiger partial charge in [-0.1, -0.05) is 30.3 Å². The molecule has 4 heteroatoms. The van der Waals surface area contributed by atoms with Gasteiger partial charge < -0.3 is 9.73 Å². The smallest absolute Gasteiger partial charge is 0.127 e. The molecule has 0 fully saturated rings. The average Bonchev–Trinajstić information content (AvgIpc) is 3.12. The molecule has 0 saturated carbocycles. The first kappa shape index (κ1) is 16.4. The van der Waals surface area contributed by atoms with Crippen LogP contribution in [0.4, 0.5) is 8.78 Å². The van der Waals surface area contributed by atoms with Gasteiger partial charge in [0.1, 0.15) is 17.4 Å². The zero-order valence-electron chi connectivity index (χ0n) is 13.2. The van der Waals surface area contributed by atoms with Gasteiger partial charge in [0.2, 0.25) is 0 Å². The van der Waals surface area contributed by atoms with Crippen molar-refractivity contribution in [1.82, 2.24) is 5.32 Å². The second kappa shape index (κ2) is 7.88. The van der Waals surface area contributed by atoms with Crippen molar-refractivity contribution in [3.63, 3.8) is 0 Å². The van der Waals surface area contributed by atoms with Crippen molar-refractivity contribution in [2.45, 2.75) is 18.9 Å². The maximum atomic E-state index is 13.6. The van der Waals surface area contributed by atoms with Crippen LogP contribution in [0.15, 0.2) is 71.3 Å². The molecular formula is C20H19F2NO. The van der Waals surface area contributed by atoms with Gasteiger partial charge in [-0.15, -0.1) is 0 Å². The largest absolute Gasteiger partial charge is 0.469 e. The molecule has 124 valence electrons. The summed E-state index contributed by atoms with van der Waals surface area (Å²) in [4.78, 5) is 0. The van der Waals surface area contributed by atoms with Crippen LogP contribution < -0.4 is 5.32 Å². The number of furan rings is 1. The second-order valence-corrected chi connectivity index (χ2v) is 5.68. The van der Waals surface area contributed by atoms with E-state index < -0.39 is 0 Å². The normalized spacial score (nSPS) is 12.2. The van der Waals surface area contributed by atoms with E-state index in [9.17, 15) is 8.78 Å². The first-order chi connectivity index (χ1) is 11.7. The van der Waals surface area contributed by atoms with E-state index in [0.29, 0.717) is 18.7 Å². The molecule has 0 aliphatic rings. The average molecular weight is 327 g/mol. The third kappa shape index (κ3) is 4.09. The molecule has 2 aromatic carbocycles. The SMILES string of the molecule is Fc1ccc([C@H](CCNCc2ccccc2F)c2ccco2)cc1. The van der Waals surface area contributed by atoms with E-state index in [2.05, 4.69) is 5.32 Å². The minimum atomic E-state index is -0.255. The lowest BCUT2D eigenvalue weighted by Gasteiger charge is -2.16. The van der Waals surface area contributed by atoms with E-state index >= 15 is 0 Å². The number of halogens is 2. The molecule has 0 spiro atoms. The molecule has 0 unspecified atom stereocenters. The van der Waals surface area contributed by atoms with Crippen molar-refractivity contribution in [3.8, 4) is 0 Å². The van der Waals surface area contributed by atoms with Gasteiger partial charge in [-0.2, -0.15) is 0 Å². The van der Waals surface area contributed by atoms with E-state index in [0.717, 1.165) is 17.7 Å². The Balaban J connectivity index is 1.63. The highest BCUT2D eigenvalue weighted by Gasteiger charge is 2.16. The molecule has 3 aromatic rings. The van der Waals surface area contributed by atoms with E-state index in [1.165, 1.54) is 18.2 Å². The molecule has 0 bridgehead atoms. The lowest BCUT2D eigenvalue weighted by Crippen LogP contribution is -2.18. The molecule has 1 atom stereocenters. The van der Waals surface area contributed by atoms with Crippen molar-refractivity contribution >= 4 is 0 Å². The Morgan fingerprint density at radius 1 is 0.917 bits per heavy atom. The molecule has 0 amide bonds. The van der Waals surface area contributed by atoms with Crippen LogP contribution in [0.5, 0.6) is 0 Å². The Morgan fingerprint density at radius 3 is 2.42 bits per heavy atom. The summed E-state index contributed by atoms with van der Waals surface area (Å²) < 4.78 is 32.3. The Bertz CT molecular complexity index is 754. The van der Waals surface area contributed by atoms with Gasteiger partial charge in [0, 0.05) is 18.0 Å². The summed E-state index contributed by atoms with van der Waals surface area (Å²) in [6.07, 6.45) is 2.41. The molecule has 0 aliphatic heterocycles. The maximum absolute atomic E-state index is 13.6. The molecule has 0 radical (unpaired) electrons. The fourth-order valence-corrected chi connectivity index (χ4v) is 2.77. The first-order valence-electron chi connectivity index (χ1n) is 7.97. The summed E-state index contributed by atoms with van der Waals surface area (Å²) in [6.45, 7) is 1.16. The third-order valence-corrected chi connectivity index (χ3v) is 4.04. The zero-order chi connectivity index (χ0) is 16.8. The molecule has 1 heterocycles. The van der Waals surface area contributed by atoms with Gasteiger partial charge in [-0.25, -0.2) is 8.78 Å². The van der Waals surface area contributed by atoms with Gasteiger partial charge in [0.25, 0.3) is 0 Å². The molecule has 1 N–H and O–H groups in total. The van der Waals surface area contributed by atoms with Crippen LogP contribution in [0.25, 0.3) is 0 Å². The predicted molar refractivity (Wildman–Crippen MR) is 89.7 cm³/mol. The van der Waals surface area contributed by atoms with E-state index in [4.69, 9.17) is 4.42 Å². The minimum absolute atomic E-state index is 0.0359. The first-order valence-corrected chi connectivity index (χ1v) is 7.97. The quantitative estimate of drug-likeness (QED) is 0.626. The van der Waals surface area contributed by atoms with Crippen LogP contribution >= 0.6 is 0 Å². The van der Waals surface area contributed by atoms with Crippen molar-refractivity contribution in [1.29, 1.82) is 0 Å². The molecule has 0 aliphatic carbocycles. The fourth-order valence-electron chi connectivity index (χ4n) is 2.77. The van der Waals surface area contributed by atoms with Crippen molar-refractivity contribution in [2.24, 2.45) is 0 Å². The van der Waals surface area contributed by atoms with Crippen LogP contribution in [0.2, 0.25) is 0 Å². The topological polar surface area (TPSA) is 25.2 Å². The molecule has 24 heavy (non-hydrogen) atoms. The fraction of sp³-hybridized carbons (Fsp3) is 0.200. The molecule has 1 aromatic heterocycles. The maximum Gasteiger partial charge on any atom is 0.127 e. The Hall–Kier alpha value is -2.46. The Morgan fingerprint density at radius 2 is 1.71 bits per heavy atom. The summed E-state index contributed by atoms with van der Waals surface area (Å²) >= 11 is 0. The van der Waals surface area contributed by atoms with Gasteiger partial charge in [0.15, 0.2) is 0 Å². The highest BCUT2D eigenvalue weighted by atomic mass is 19.1. The Kier molecular flexibility index (Phi) is 5.39. The van der Waals surface area contributed by atoms with Crippen LogP contribution in [0.3, 0.4) is 0 Å². The second-order valence-electron chi connectivity index (χ2n) is 5.68. The van der Waals surface area contributed by atoms with E-state index in [1.54, 1.807) is 30.5 Å². The number of nitrogens with one attached hydrogen (secondary N) is 1. The number of hydrogen-bond acceptors (Lipinski definition) is 2. The minimum Gasteiger partial charge on any atom is -0.469 e. The number of hydrogen-bond donors (Lipinski definition) is 1. The van der Waals surface area contributed by atoms with Crippen LogP contribution in [0, 0.1) is 11.6 Å². The Labute approximate surface area is 140 Å². The van der Waals surface area contributed by atoms with Crippen molar-refractivity contribution in [2.75, 3.05) is 6.54 Å². The van der Waals surface area contributed by atoms with Gasteiger partial charge in [0.05, 0.1) is 6.26 Å². The summed E-state index contributed by atoms with van der Waals surface area (Å²) in [5, 5.41) is 3.26. The van der Waals surface area contributed by atoms with Crippen LogP contribution in [-0.4, -0.2) is 6.54 Å². The summed E-state index contributed by atoms with van der Waals surface area (Å²) in [7, 11) is 0. The van der Waals surface area contributed by atoms with Gasteiger partial charge in [-0.05, 0) is 48.9 Å². The summed E-state index contributed by atoms with van der Waals surface area (Å²) in [6, 6.07) is 17.0. The lowest BCUT2D eigenvalue weighted by molar-refractivity contribution is 0.465.